The molecule has 33 heavy (non-hydrogen) atoms. The number of rotatable bonds is 9. The molecule has 1 aliphatic rings. The second-order valence-corrected chi connectivity index (χ2v) is 10.2. The van der Waals surface area contributed by atoms with Gasteiger partial charge in [0.15, 0.2) is 5.82 Å². The zero-order chi connectivity index (χ0) is 23.6. The van der Waals surface area contributed by atoms with Crippen LogP contribution in [0.15, 0.2) is 29.1 Å². The van der Waals surface area contributed by atoms with Crippen molar-refractivity contribution in [2.45, 2.75) is 104 Å². The Kier molecular flexibility index (Phi) is 6.98. The average molecular weight is 451 g/mol. The van der Waals surface area contributed by atoms with Crippen LogP contribution in [0.2, 0.25) is 0 Å². The van der Waals surface area contributed by atoms with Crippen LogP contribution in [-0.2, 0) is 12.1 Å². The van der Waals surface area contributed by atoms with Crippen molar-refractivity contribution in [2.24, 2.45) is 0 Å². The number of aryl methyl sites for hydroxylation is 1. The zero-order valence-corrected chi connectivity index (χ0v) is 20.8. The number of benzene rings is 1. The maximum Gasteiger partial charge on any atom is 0.252 e. The third-order valence-electron chi connectivity index (χ3n) is 7.42. The number of pyridine rings is 1. The third kappa shape index (κ3) is 4.88. The average Bonchev–Trinajstić information content (AvgIpc) is 3.49. The number of tetrazole rings is 1. The summed E-state index contributed by atoms with van der Waals surface area (Å²) in [6.45, 7) is 11.4. The second-order valence-electron chi connectivity index (χ2n) is 10.2. The molecule has 7 nitrogen and oxygen atoms in total. The molecule has 178 valence electrons. The summed E-state index contributed by atoms with van der Waals surface area (Å²) in [4.78, 5) is 18.7. The van der Waals surface area contributed by atoms with Crippen molar-refractivity contribution in [2.75, 3.05) is 0 Å². The smallest absolute Gasteiger partial charge is 0.252 e. The molecule has 1 saturated carbocycles. The first-order chi connectivity index (χ1) is 15.8. The molecule has 0 unspecified atom stereocenters. The van der Waals surface area contributed by atoms with Crippen molar-refractivity contribution in [3.05, 3.63) is 51.6 Å². The summed E-state index contributed by atoms with van der Waals surface area (Å²) in [5.41, 5.74) is 2.69. The lowest BCUT2D eigenvalue weighted by Gasteiger charge is -2.37. The standard InChI is InChI=1S/C26H38N6O/c1-6-10-23(24-28-29-30-32(24)26(4,5)7-2)31(21-11-8-9-12-21)17-20-16-19-14-13-18(3)15-22(19)27-25(20)33/h13-16,21,23H,6-12,17H2,1-5H3,(H,27,33)/t23-/m0/s1. The van der Waals surface area contributed by atoms with Crippen LogP contribution in [0.1, 0.15) is 95.6 Å². The monoisotopic (exact) mass is 450 g/mol. The van der Waals surface area contributed by atoms with Gasteiger partial charge in [-0.2, -0.15) is 0 Å². The first kappa shape index (κ1) is 23.6. The highest BCUT2D eigenvalue weighted by atomic mass is 16.1. The molecule has 3 aromatic rings. The van der Waals surface area contributed by atoms with Gasteiger partial charge in [-0.25, -0.2) is 4.68 Å². The Bertz CT molecular complexity index is 1140. The summed E-state index contributed by atoms with van der Waals surface area (Å²) in [7, 11) is 0. The van der Waals surface area contributed by atoms with E-state index in [9.17, 15) is 4.79 Å². The molecule has 1 N–H and O–H groups in total. The van der Waals surface area contributed by atoms with Crippen molar-refractivity contribution in [1.82, 2.24) is 30.1 Å². The van der Waals surface area contributed by atoms with E-state index in [1.165, 1.54) is 12.8 Å². The van der Waals surface area contributed by atoms with Crippen LogP contribution in [-0.4, -0.2) is 36.1 Å². The van der Waals surface area contributed by atoms with Crippen LogP contribution in [0.25, 0.3) is 10.9 Å². The van der Waals surface area contributed by atoms with Gasteiger partial charge in [0.2, 0.25) is 0 Å². The van der Waals surface area contributed by atoms with E-state index in [-0.39, 0.29) is 17.1 Å². The molecule has 0 amide bonds. The van der Waals surface area contributed by atoms with Gasteiger partial charge < -0.3 is 4.98 Å². The highest BCUT2D eigenvalue weighted by molar-refractivity contribution is 5.79. The molecule has 1 atom stereocenters. The summed E-state index contributed by atoms with van der Waals surface area (Å²) in [6.07, 6.45) is 7.71. The molecule has 0 bridgehead atoms. The molecule has 2 heterocycles. The Morgan fingerprint density at radius 1 is 1.21 bits per heavy atom. The Labute approximate surface area is 196 Å². The van der Waals surface area contributed by atoms with Crippen LogP contribution < -0.4 is 5.56 Å². The van der Waals surface area contributed by atoms with E-state index in [1.807, 2.05) is 17.7 Å². The fourth-order valence-electron chi connectivity index (χ4n) is 5.10. The van der Waals surface area contributed by atoms with E-state index in [1.54, 1.807) is 0 Å². The van der Waals surface area contributed by atoms with Crippen LogP contribution in [0.3, 0.4) is 0 Å². The predicted octanol–water partition coefficient (Wildman–Crippen LogP) is 5.25. The Balaban J connectivity index is 1.76. The summed E-state index contributed by atoms with van der Waals surface area (Å²) in [5.74, 6) is 0.920. The highest BCUT2D eigenvalue weighted by Crippen LogP contribution is 2.36. The number of H-pyrrole nitrogens is 1. The van der Waals surface area contributed by atoms with E-state index >= 15 is 0 Å². The maximum atomic E-state index is 13.1. The maximum absolute atomic E-state index is 13.1. The molecule has 4 rings (SSSR count). The topological polar surface area (TPSA) is 79.7 Å². The number of hydrogen-bond donors (Lipinski definition) is 1. The summed E-state index contributed by atoms with van der Waals surface area (Å²) in [6, 6.07) is 8.81. The van der Waals surface area contributed by atoms with Crippen LogP contribution in [0, 0.1) is 6.92 Å². The zero-order valence-electron chi connectivity index (χ0n) is 20.8. The first-order valence-electron chi connectivity index (χ1n) is 12.5. The molecule has 1 aromatic carbocycles. The van der Waals surface area contributed by atoms with Gasteiger partial charge in [-0.05, 0) is 80.0 Å². The summed E-state index contributed by atoms with van der Waals surface area (Å²) >= 11 is 0. The Morgan fingerprint density at radius 2 is 1.97 bits per heavy atom. The van der Waals surface area contributed by atoms with E-state index in [0.717, 1.165) is 60.0 Å². The lowest BCUT2D eigenvalue weighted by atomic mass is 9.99. The number of nitrogens with one attached hydrogen (secondary N) is 1. The number of hydrogen-bond acceptors (Lipinski definition) is 5. The molecular formula is C26H38N6O. The first-order valence-corrected chi connectivity index (χ1v) is 12.5. The van der Waals surface area contributed by atoms with Crippen molar-refractivity contribution >= 4 is 10.9 Å². The van der Waals surface area contributed by atoms with Crippen molar-refractivity contribution < 1.29 is 0 Å². The second kappa shape index (κ2) is 9.75. The number of aromatic amines is 1. The summed E-state index contributed by atoms with van der Waals surface area (Å²) in [5, 5.41) is 14.1. The van der Waals surface area contributed by atoms with E-state index in [4.69, 9.17) is 0 Å². The van der Waals surface area contributed by atoms with Gasteiger partial charge in [0.1, 0.15) is 0 Å². The normalized spacial score (nSPS) is 16.2. The van der Waals surface area contributed by atoms with Crippen molar-refractivity contribution in [1.29, 1.82) is 0 Å². The SMILES string of the molecule is CCC[C@@H](c1nnnn1C(C)(C)CC)N(Cc1cc2ccc(C)cc2[nH]c1=O)C1CCCC1. The van der Waals surface area contributed by atoms with E-state index < -0.39 is 0 Å². The number of aromatic nitrogens is 5. The summed E-state index contributed by atoms with van der Waals surface area (Å²) < 4.78 is 2.02. The van der Waals surface area contributed by atoms with Gasteiger partial charge in [-0.15, -0.1) is 5.10 Å². The number of nitrogens with zero attached hydrogens (tertiary/aromatic N) is 5. The fraction of sp³-hybridized carbons (Fsp3) is 0.615. The van der Waals surface area contributed by atoms with Gasteiger partial charge in [0.25, 0.3) is 5.56 Å². The molecule has 0 radical (unpaired) electrons. The minimum atomic E-state index is -0.162. The lowest BCUT2D eigenvalue weighted by molar-refractivity contribution is 0.102. The van der Waals surface area contributed by atoms with Gasteiger partial charge in [-0.1, -0.05) is 45.2 Å². The minimum absolute atomic E-state index is 0.000162. The molecule has 1 fully saturated rings. The van der Waals surface area contributed by atoms with Crippen LogP contribution in [0.4, 0.5) is 0 Å². The molecule has 0 spiro atoms. The molecule has 0 aliphatic heterocycles. The van der Waals surface area contributed by atoms with Crippen molar-refractivity contribution in [3.63, 3.8) is 0 Å². The quantitative estimate of drug-likeness (QED) is 0.481. The minimum Gasteiger partial charge on any atom is -0.322 e. The van der Waals surface area contributed by atoms with Gasteiger partial charge in [0.05, 0.1) is 11.6 Å². The van der Waals surface area contributed by atoms with Crippen LogP contribution >= 0.6 is 0 Å². The van der Waals surface area contributed by atoms with Crippen molar-refractivity contribution in [3.8, 4) is 0 Å². The predicted molar refractivity (Wildman–Crippen MR) is 132 cm³/mol. The Hall–Kier alpha value is -2.54. The number of fused-ring (bicyclic) bond motifs is 1. The third-order valence-corrected chi connectivity index (χ3v) is 7.42. The molecular weight excluding hydrogens is 412 g/mol. The fourth-order valence-corrected chi connectivity index (χ4v) is 5.10. The van der Waals surface area contributed by atoms with Crippen LogP contribution in [0.5, 0.6) is 0 Å². The largest absolute Gasteiger partial charge is 0.322 e. The van der Waals surface area contributed by atoms with Gasteiger partial charge in [0, 0.05) is 23.7 Å². The molecule has 2 aromatic heterocycles. The van der Waals surface area contributed by atoms with E-state index in [2.05, 4.69) is 71.3 Å². The van der Waals surface area contributed by atoms with Gasteiger partial charge >= 0.3 is 0 Å². The molecule has 1 aliphatic carbocycles. The van der Waals surface area contributed by atoms with E-state index in [0.29, 0.717) is 12.6 Å². The van der Waals surface area contributed by atoms with Gasteiger partial charge in [-0.3, -0.25) is 9.69 Å². The molecule has 7 heteroatoms. The lowest BCUT2D eigenvalue weighted by Crippen LogP contribution is -2.41. The molecule has 0 saturated heterocycles. The highest BCUT2D eigenvalue weighted by Gasteiger charge is 2.35. The Morgan fingerprint density at radius 3 is 2.67 bits per heavy atom.